The summed E-state index contributed by atoms with van der Waals surface area (Å²) in [5, 5.41) is 4.30. The monoisotopic (exact) mass is 387 g/mol. The van der Waals surface area contributed by atoms with Gasteiger partial charge in [-0.1, -0.05) is 29.3 Å². The number of carbonyl (C=O) groups excluding carboxylic acids is 1. The van der Waals surface area contributed by atoms with Crippen molar-refractivity contribution in [2.45, 2.75) is 0 Å². The van der Waals surface area contributed by atoms with Crippen molar-refractivity contribution in [3.8, 4) is 0 Å². The number of hydrogen-bond acceptors (Lipinski definition) is 5. The van der Waals surface area contributed by atoms with E-state index >= 15 is 0 Å². The molecule has 1 N–H and O–H groups in total. The number of anilines is 2. The Bertz CT molecular complexity index is 808. The molecule has 3 rings (SSSR count). The molecule has 9 heteroatoms. The molecule has 24 heavy (non-hydrogen) atoms. The molecule has 2 heterocycles. The number of nitrogens with zero attached hydrogens (tertiary/aromatic N) is 2. The van der Waals surface area contributed by atoms with Crippen molar-refractivity contribution in [2.75, 3.05) is 31.6 Å². The number of rotatable bonds is 3. The predicted molar refractivity (Wildman–Crippen MR) is 96.0 cm³/mol. The maximum Gasteiger partial charge on any atom is 0.275 e. The zero-order valence-corrected chi connectivity index (χ0v) is 15.2. The summed E-state index contributed by atoms with van der Waals surface area (Å²) < 4.78 is 6.66. The van der Waals surface area contributed by atoms with E-state index < -0.39 is 0 Å². The van der Waals surface area contributed by atoms with Gasteiger partial charge < -0.3 is 15.0 Å². The summed E-state index contributed by atoms with van der Waals surface area (Å²) in [5.74, 6) is -0.314. The van der Waals surface area contributed by atoms with Crippen molar-refractivity contribution in [3.63, 3.8) is 0 Å². The molecule has 1 saturated heterocycles. The van der Waals surface area contributed by atoms with Crippen molar-refractivity contribution in [2.24, 2.45) is 7.05 Å². The van der Waals surface area contributed by atoms with Gasteiger partial charge >= 0.3 is 0 Å². The smallest absolute Gasteiger partial charge is 0.275 e. The highest BCUT2D eigenvalue weighted by Gasteiger charge is 2.27. The Morgan fingerprint density at radius 1 is 1.25 bits per heavy atom. The van der Waals surface area contributed by atoms with Gasteiger partial charge in [-0.05, 0) is 23.7 Å². The first-order chi connectivity index (χ1) is 11.5. The van der Waals surface area contributed by atoms with Crippen LogP contribution in [0.5, 0.6) is 0 Å². The van der Waals surface area contributed by atoms with Crippen molar-refractivity contribution in [1.82, 2.24) is 8.86 Å². The molecule has 0 spiro atoms. The van der Waals surface area contributed by atoms with E-state index in [1.54, 1.807) is 30.1 Å². The Morgan fingerprint density at radius 3 is 2.50 bits per heavy atom. The Hall–Kier alpha value is -1.54. The van der Waals surface area contributed by atoms with E-state index in [1.165, 1.54) is 3.96 Å². The van der Waals surface area contributed by atoms with E-state index in [2.05, 4.69) is 5.32 Å². The Balaban J connectivity index is 1.99. The topological polar surface area (TPSA) is 63.6 Å². The van der Waals surface area contributed by atoms with Crippen molar-refractivity contribution in [3.05, 3.63) is 44.2 Å². The van der Waals surface area contributed by atoms with Crippen molar-refractivity contribution < 1.29 is 9.53 Å². The molecule has 1 aliphatic heterocycles. The minimum absolute atomic E-state index is 0.0976. The fourth-order valence-corrected chi connectivity index (χ4v) is 3.76. The molecule has 0 bridgehead atoms. The number of aryl methyl sites for hydroxylation is 1. The normalized spacial score (nSPS) is 14.7. The van der Waals surface area contributed by atoms with Gasteiger partial charge in [-0.3, -0.25) is 13.5 Å². The lowest BCUT2D eigenvalue weighted by molar-refractivity contribution is 0.0302. The number of carbonyl (C=O) groups is 1. The number of morpholine rings is 1. The first-order valence-corrected chi connectivity index (χ1v) is 8.80. The second-order valence-electron chi connectivity index (χ2n) is 5.22. The van der Waals surface area contributed by atoms with Crippen LogP contribution >= 0.6 is 34.7 Å². The molecule has 128 valence electrons. The van der Waals surface area contributed by atoms with Gasteiger partial charge in [0.2, 0.25) is 0 Å². The van der Waals surface area contributed by atoms with Crippen LogP contribution in [0, 0.1) is 0 Å². The number of ether oxygens (including phenoxy) is 1. The average molecular weight is 388 g/mol. The van der Waals surface area contributed by atoms with Gasteiger partial charge in [-0.25, -0.2) is 0 Å². The summed E-state index contributed by atoms with van der Waals surface area (Å²) in [6, 6.07) is 5.10. The maximum atomic E-state index is 12.8. The van der Waals surface area contributed by atoms with Crippen LogP contribution in [0.3, 0.4) is 0 Å². The van der Waals surface area contributed by atoms with Crippen LogP contribution in [0.1, 0.15) is 10.4 Å². The molecule has 0 saturated carbocycles. The van der Waals surface area contributed by atoms with Gasteiger partial charge in [-0.2, -0.15) is 0 Å². The van der Waals surface area contributed by atoms with E-state index in [-0.39, 0.29) is 17.0 Å². The summed E-state index contributed by atoms with van der Waals surface area (Å²) in [5.41, 5.74) is 0.223. The lowest BCUT2D eigenvalue weighted by atomic mass is 10.2. The number of para-hydroxylation sites is 1. The van der Waals surface area contributed by atoms with E-state index in [1.807, 2.05) is 0 Å². The van der Waals surface area contributed by atoms with Gasteiger partial charge in [0.15, 0.2) is 0 Å². The SMILES string of the molecule is Cn1sc(Nc2c(Cl)cccc2Cl)c(C(=O)N2CCOCC2)c1=O. The lowest BCUT2D eigenvalue weighted by Gasteiger charge is -2.26. The van der Waals surface area contributed by atoms with E-state index in [4.69, 9.17) is 27.9 Å². The van der Waals surface area contributed by atoms with Gasteiger partial charge in [0.1, 0.15) is 10.6 Å². The van der Waals surface area contributed by atoms with Gasteiger partial charge in [-0.15, -0.1) is 0 Å². The lowest BCUT2D eigenvalue weighted by Crippen LogP contribution is -2.42. The minimum Gasteiger partial charge on any atom is -0.378 e. The Labute approximate surface area is 152 Å². The molecule has 1 aromatic heterocycles. The number of amides is 1. The van der Waals surface area contributed by atoms with Gasteiger partial charge in [0.25, 0.3) is 11.5 Å². The molecule has 1 amide bonds. The highest BCUT2D eigenvalue weighted by Crippen LogP contribution is 2.34. The fraction of sp³-hybridized carbons (Fsp3) is 0.333. The van der Waals surface area contributed by atoms with Gasteiger partial charge in [0, 0.05) is 20.1 Å². The number of aromatic nitrogens is 1. The quantitative estimate of drug-likeness (QED) is 0.878. The zero-order chi connectivity index (χ0) is 17.3. The van der Waals surface area contributed by atoms with Crippen LogP contribution in [0.15, 0.2) is 23.0 Å². The Morgan fingerprint density at radius 2 is 1.88 bits per heavy atom. The summed E-state index contributed by atoms with van der Waals surface area (Å²) >= 11 is 13.5. The second kappa shape index (κ2) is 7.14. The highest BCUT2D eigenvalue weighted by molar-refractivity contribution is 7.11. The van der Waals surface area contributed by atoms with Crippen LogP contribution in [-0.4, -0.2) is 41.1 Å². The Kier molecular flexibility index (Phi) is 5.15. The third-order valence-corrected chi connectivity index (χ3v) is 5.23. The molecular weight excluding hydrogens is 373 g/mol. The molecule has 0 unspecified atom stereocenters. The van der Waals surface area contributed by atoms with E-state index in [0.29, 0.717) is 47.0 Å². The third-order valence-electron chi connectivity index (χ3n) is 3.67. The van der Waals surface area contributed by atoms with Gasteiger partial charge in [0.05, 0.1) is 28.9 Å². The molecular formula is C15H15Cl2N3O3S. The van der Waals surface area contributed by atoms with E-state index in [0.717, 1.165) is 11.5 Å². The number of hydrogen-bond donors (Lipinski definition) is 1. The minimum atomic E-state index is -0.345. The summed E-state index contributed by atoms with van der Waals surface area (Å²) in [6.45, 7) is 1.86. The summed E-state index contributed by atoms with van der Waals surface area (Å²) in [4.78, 5) is 26.8. The summed E-state index contributed by atoms with van der Waals surface area (Å²) in [7, 11) is 1.61. The molecule has 0 aliphatic carbocycles. The third kappa shape index (κ3) is 3.30. The molecule has 1 fully saturated rings. The summed E-state index contributed by atoms with van der Waals surface area (Å²) in [6.07, 6.45) is 0. The fourth-order valence-electron chi connectivity index (χ4n) is 2.41. The number of nitrogens with one attached hydrogen (secondary N) is 1. The largest absolute Gasteiger partial charge is 0.378 e. The standard InChI is InChI=1S/C15H15Cl2N3O3S/c1-19-14(21)11(15(22)20-5-7-23-8-6-20)13(24-19)18-12-9(16)3-2-4-10(12)17/h2-4,18H,5-8H2,1H3. The van der Waals surface area contributed by atoms with E-state index in [9.17, 15) is 9.59 Å². The van der Waals surface area contributed by atoms with Crippen LogP contribution in [0.4, 0.5) is 10.7 Å². The first-order valence-electron chi connectivity index (χ1n) is 7.27. The van der Waals surface area contributed by atoms with Crippen molar-refractivity contribution >= 4 is 51.3 Å². The number of benzene rings is 1. The zero-order valence-electron chi connectivity index (χ0n) is 12.8. The molecule has 0 atom stereocenters. The van der Waals surface area contributed by atoms with Crippen molar-refractivity contribution in [1.29, 1.82) is 0 Å². The molecule has 1 aliphatic rings. The first kappa shape index (κ1) is 17.3. The second-order valence-corrected chi connectivity index (χ2v) is 7.18. The molecule has 2 aromatic rings. The average Bonchev–Trinajstić information content (AvgIpc) is 2.85. The highest BCUT2D eigenvalue weighted by atomic mass is 35.5. The molecule has 0 radical (unpaired) electrons. The van der Waals surface area contributed by atoms with Crippen LogP contribution in [-0.2, 0) is 11.8 Å². The van der Waals surface area contributed by atoms with Crippen LogP contribution in [0.25, 0.3) is 0 Å². The van der Waals surface area contributed by atoms with Crippen LogP contribution in [0.2, 0.25) is 10.0 Å². The maximum absolute atomic E-state index is 12.8. The molecule has 6 nitrogen and oxygen atoms in total. The predicted octanol–water partition coefficient (Wildman–Crippen LogP) is 2.97. The molecule has 1 aromatic carbocycles. The number of halogens is 2. The van der Waals surface area contributed by atoms with Crippen LogP contribution < -0.4 is 10.9 Å².